The van der Waals surface area contributed by atoms with E-state index in [0.29, 0.717) is 5.89 Å². The van der Waals surface area contributed by atoms with Gasteiger partial charge in [0, 0.05) is 29.7 Å². The summed E-state index contributed by atoms with van der Waals surface area (Å²) in [5.41, 5.74) is 4.80. The van der Waals surface area contributed by atoms with E-state index in [-0.39, 0.29) is 0 Å². The SMILES string of the molecule is COC1=C/C(=C\c2nc3c(ccc[n+]3C)o2)c2ccccc2N1C.[O-][Cl+3]([O-])([O-])[O-]. The minimum absolute atomic E-state index is 0.577. The lowest BCUT2D eigenvalue weighted by Crippen LogP contribution is -2.68. The Labute approximate surface area is 168 Å². The number of nitrogens with zero attached hydrogens (tertiary/aromatic N) is 3. The maximum absolute atomic E-state index is 8.49. The number of rotatable bonds is 2. The monoisotopic (exact) mass is 419 g/mol. The lowest BCUT2D eigenvalue weighted by Gasteiger charge is -2.28. The summed E-state index contributed by atoms with van der Waals surface area (Å²) in [5.74, 6) is 1.36. The molecule has 0 atom stereocenters. The Morgan fingerprint density at radius 2 is 1.83 bits per heavy atom. The highest BCUT2D eigenvalue weighted by molar-refractivity contribution is 5.94. The van der Waals surface area contributed by atoms with Gasteiger partial charge >= 0.3 is 11.5 Å². The van der Waals surface area contributed by atoms with Crippen LogP contribution in [0.15, 0.2) is 59.0 Å². The Morgan fingerprint density at radius 1 is 1.14 bits per heavy atom. The Bertz CT molecular complexity index is 1080. The summed E-state index contributed by atoms with van der Waals surface area (Å²) in [6, 6.07) is 12.1. The topological polar surface area (TPSA) is 135 Å². The van der Waals surface area contributed by atoms with Gasteiger partial charge in [0.05, 0.1) is 26.0 Å². The molecule has 2 aromatic heterocycles. The predicted molar refractivity (Wildman–Crippen MR) is 93.0 cm³/mol. The maximum atomic E-state index is 8.49. The molecule has 0 amide bonds. The normalized spacial score (nSPS) is 14.9. The molecule has 9 nitrogen and oxygen atoms in total. The number of aromatic nitrogens is 2. The van der Waals surface area contributed by atoms with Crippen molar-refractivity contribution >= 4 is 28.6 Å². The number of hydrogen-bond donors (Lipinski definition) is 0. The molecule has 4 rings (SSSR count). The molecule has 3 heterocycles. The van der Waals surface area contributed by atoms with Crippen molar-refractivity contribution in [1.29, 1.82) is 0 Å². The van der Waals surface area contributed by atoms with Crippen LogP contribution in [0, 0.1) is 10.2 Å². The van der Waals surface area contributed by atoms with Crippen LogP contribution >= 0.6 is 0 Å². The quantitative estimate of drug-likeness (QED) is 0.452. The fraction of sp³-hybridized carbons (Fsp3) is 0.158. The zero-order chi connectivity index (χ0) is 21.2. The molecule has 0 radical (unpaired) electrons. The summed E-state index contributed by atoms with van der Waals surface area (Å²) in [4.78, 5) is 6.61. The molecular weight excluding hydrogens is 402 g/mol. The van der Waals surface area contributed by atoms with Gasteiger partial charge in [-0.1, -0.05) is 18.2 Å². The van der Waals surface area contributed by atoms with Crippen LogP contribution in [0.5, 0.6) is 0 Å². The van der Waals surface area contributed by atoms with Crippen molar-refractivity contribution in [3.8, 4) is 0 Å². The number of anilines is 1. The second kappa shape index (κ2) is 8.19. The molecule has 0 bridgehead atoms. The van der Waals surface area contributed by atoms with Crippen molar-refractivity contribution in [2.45, 2.75) is 0 Å². The first-order valence-electron chi connectivity index (χ1n) is 8.35. The van der Waals surface area contributed by atoms with Gasteiger partial charge in [0.15, 0.2) is 5.88 Å². The average Bonchev–Trinajstić information content (AvgIpc) is 3.07. The molecule has 1 aliphatic rings. The van der Waals surface area contributed by atoms with Crippen LogP contribution in [0.25, 0.3) is 22.9 Å². The molecule has 152 valence electrons. The van der Waals surface area contributed by atoms with Gasteiger partial charge in [-0.2, -0.15) is 0 Å². The van der Waals surface area contributed by atoms with Gasteiger partial charge in [0.2, 0.25) is 5.58 Å². The van der Waals surface area contributed by atoms with Gasteiger partial charge in [-0.05, 0) is 23.8 Å². The summed E-state index contributed by atoms with van der Waals surface area (Å²) >= 11 is 0. The van der Waals surface area contributed by atoms with Crippen molar-refractivity contribution in [1.82, 2.24) is 4.98 Å². The van der Waals surface area contributed by atoms with Crippen LogP contribution in [-0.4, -0.2) is 19.1 Å². The van der Waals surface area contributed by atoms with Gasteiger partial charge in [0.1, 0.15) is 0 Å². The van der Waals surface area contributed by atoms with Gasteiger partial charge in [0.25, 0.3) is 0 Å². The Hall–Kier alpha value is -2.95. The van der Waals surface area contributed by atoms with Crippen molar-refractivity contribution in [3.63, 3.8) is 0 Å². The number of aryl methyl sites for hydroxylation is 1. The second-order valence-electron chi connectivity index (χ2n) is 6.10. The molecule has 0 saturated carbocycles. The van der Waals surface area contributed by atoms with Crippen molar-refractivity contribution in [2.75, 3.05) is 19.1 Å². The van der Waals surface area contributed by atoms with E-state index in [2.05, 4.69) is 17.1 Å². The number of methoxy groups -OCH3 is 1. The third-order valence-electron chi connectivity index (χ3n) is 4.22. The number of allylic oxidation sites excluding steroid dienone is 2. The highest BCUT2D eigenvalue weighted by Gasteiger charge is 2.22. The molecule has 0 aliphatic carbocycles. The third-order valence-corrected chi connectivity index (χ3v) is 4.22. The molecule has 10 heteroatoms. The lowest BCUT2D eigenvalue weighted by molar-refractivity contribution is -2.00. The molecule has 0 saturated heterocycles. The minimum atomic E-state index is -4.94. The van der Waals surface area contributed by atoms with Gasteiger partial charge in [-0.3, -0.25) is 0 Å². The van der Waals surface area contributed by atoms with E-state index in [0.717, 1.165) is 33.9 Å². The van der Waals surface area contributed by atoms with Crippen molar-refractivity contribution in [2.24, 2.45) is 7.05 Å². The number of para-hydroxylation sites is 1. The highest BCUT2D eigenvalue weighted by atomic mass is 35.7. The number of benzene rings is 1. The van der Waals surface area contributed by atoms with Crippen LogP contribution in [0.1, 0.15) is 11.5 Å². The average molecular weight is 420 g/mol. The Balaban J connectivity index is 0.000000431. The number of ether oxygens (including phenoxy) is 1. The molecule has 1 aliphatic heterocycles. The van der Waals surface area contributed by atoms with E-state index in [4.69, 9.17) is 27.8 Å². The molecule has 0 unspecified atom stereocenters. The zero-order valence-corrected chi connectivity index (χ0v) is 16.6. The van der Waals surface area contributed by atoms with E-state index in [9.17, 15) is 0 Å². The smallest absolute Gasteiger partial charge is 0.370 e. The van der Waals surface area contributed by atoms with Crippen LogP contribution in [0.3, 0.4) is 0 Å². The molecule has 1 aromatic carbocycles. The van der Waals surface area contributed by atoms with E-state index >= 15 is 0 Å². The van der Waals surface area contributed by atoms with Crippen LogP contribution in [0.4, 0.5) is 5.69 Å². The second-order valence-corrected chi connectivity index (χ2v) is 6.86. The number of oxazole rings is 1. The predicted octanol–water partition coefficient (Wildman–Crippen LogP) is -1.63. The van der Waals surface area contributed by atoms with Crippen LogP contribution < -0.4 is 28.1 Å². The fourth-order valence-electron chi connectivity index (χ4n) is 2.98. The molecule has 0 fully saturated rings. The number of fused-ring (bicyclic) bond motifs is 2. The summed E-state index contributed by atoms with van der Waals surface area (Å²) in [7, 11) is 0.674. The molecule has 0 N–H and O–H groups in total. The first-order valence-corrected chi connectivity index (χ1v) is 9.58. The Kier molecular flexibility index (Phi) is 5.87. The lowest BCUT2D eigenvalue weighted by atomic mass is 9.99. The summed E-state index contributed by atoms with van der Waals surface area (Å²) < 4.78 is 47.3. The first kappa shape index (κ1) is 20.8. The van der Waals surface area contributed by atoms with Crippen molar-refractivity contribution in [3.05, 3.63) is 66.0 Å². The number of pyridine rings is 1. The van der Waals surface area contributed by atoms with Gasteiger partial charge in [-0.25, -0.2) is 23.2 Å². The Morgan fingerprint density at radius 3 is 2.48 bits per heavy atom. The van der Waals surface area contributed by atoms with E-state index < -0.39 is 10.2 Å². The largest absolute Gasteiger partial charge is 0.482 e. The highest BCUT2D eigenvalue weighted by Crippen LogP contribution is 2.36. The van der Waals surface area contributed by atoms with Crippen LogP contribution in [-0.2, 0) is 11.8 Å². The molecule has 0 spiro atoms. The minimum Gasteiger partial charge on any atom is -0.482 e. The van der Waals surface area contributed by atoms with Crippen LogP contribution in [0.2, 0.25) is 0 Å². The maximum Gasteiger partial charge on any atom is 0.370 e. The van der Waals surface area contributed by atoms with Crippen molar-refractivity contribution < 1.29 is 42.6 Å². The standard InChI is InChI=1S/C19H18N3O2.ClHO4/c1-21-10-6-9-16-19(21)20-17(24-16)11-13-12-18(23-3)22(2)15-8-5-4-7-14(13)15;2-1(3,4)5/h4-12H,1-3H3;(H,2,3,4,5)/q+1;/p-1. The summed E-state index contributed by atoms with van der Waals surface area (Å²) in [5, 5.41) is 0. The summed E-state index contributed by atoms with van der Waals surface area (Å²) in [6.07, 6.45) is 5.90. The van der Waals surface area contributed by atoms with E-state index in [1.54, 1.807) is 7.11 Å². The zero-order valence-electron chi connectivity index (χ0n) is 15.9. The van der Waals surface area contributed by atoms with E-state index in [1.165, 1.54) is 0 Å². The third kappa shape index (κ3) is 4.91. The first-order chi connectivity index (χ1) is 13.7. The van der Waals surface area contributed by atoms with Gasteiger partial charge < -0.3 is 14.1 Å². The van der Waals surface area contributed by atoms with E-state index in [1.807, 2.05) is 66.2 Å². The summed E-state index contributed by atoms with van der Waals surface area (Å²) in [6.45, 7) is 0. The van der Waals surface area contributed by atoms with Gasteiger partial charge in [-0.15, -0.1) is 10.2 Å². The molecule has 29 heavy (non-hydrogen) atoms. The fourth-order valence-corrected chi connectivity index (χ4v) is 2.98. The number of hydrogen-bond acceptors (Lipinski definition) is 8. The molecular formula is C19H18ClN3O6. The molecule has 3 aromatic rings. The number of halogens is 1.